The lowest BCUT2D eigenvalue weighted by molar-refractivity contribution is -0.384. The molecule has 0 atom stereocenters. The summed E-state index contributed by atoms with van der Waals surface area (Å²) in [4.78, 5) is 31.4. The van der Waals surface area contributed by atoms with E-state index in [1.807, 2.05) is 12.1 Å². The van der Waals surface area contributed by atoms with Crippen LogP contribution in [0.1, 0.15) is 15.2 Å². The molecule has 0 N–H and O–H groups in total. The number of aromatic nitrogens is 2. The Labute approximate surface area is 141 Å². The van der Waals surface area contributed by atoms with Crippen molar-refractivity contribution in [2.45, 2.75) is 0 Å². The van der Waals surface area contributed by atoms with Crippen LogP contribution in [0, 0.1) is 10.1 Å². The average molecular weight is 337 g/mol. The maximum Gasteiger partial charge on any atom is 0.269 e. The van der Waals surface area contributed by atoms with Crippen molar-refractivity contribution in [1.29, 1.82) is 0 Å². The molecule has 7 heteroatoms. The van der Waals surface area contributed by atoms with Gasteiger partial charge in [-0.15, -0.1) is 11.3 Å². The number of ketones is 1. The molecule has 24 heavy (non-hydrogen) atoms. The van der Waals surface area contributed by atoms with Crippen LogP contribution in [0.25, 0.3) is 16.6 Å². The van der Waals surface area contributed by atoms with Crippen LogP contribution in [0.4, 0.5) is 5.69 Å². The molecule has 0 unspecified atom stereocenters. The van der Waals surface area contributed by atoms with Gasteiger partial charge in [-0.3, -0.25) is 19.9 Å². The Hall–Kier alpha value is -3.19. The van der Waals surface area contributed by atoms with E-state index in [4.69, 9.17) is 0 Å². The largest absolute Gasteiger partial charge is 0.289 e. The van der Waals surface area contributed by atoms with E-state index in [9.17, 15) is 14.9 Å². The fraction of sp³-hybridized carbons (Fsp3) is 0. The highest BCUT2D eigenvalue weighted by atomic mass is 32.1. The minimum atomic E-state index is -0.499. The molecular weight excluding hydrogens is 326 g/mol. The molecule has 0 fully saturated rings. The molecule has 0 bridgehead atoms. The normalized spacial score (nSPS) is 10.8. The lowest BCUT2D eigenvalue weighted by Crippen LogP contribution is -1.94. The number of carbonyl (C=O) groups is 1. The van der Waals surface area contributed by atoms with Gasteiger partial charge in [-0.25, -0.2) is 4.98 Å². The molecule has 0 saturated heterocycles. The summed E-state index contributed by atoms with van der Waals surface area (Å²) < 4.78 is 0. The lowest BCUT2D eigenvalue weighted by atomic mass is 10.1. The Kier molecular flexibility index (Phi) is 4.53. The molecule has 0 radical (unpaired) electrons. The second kappa shape index (κ2) is 6.93. The van der Waals surface area contributed by atoms with Gasteiger partial charge in [0.05, 0.1) is 4.92 Å². The van der Waals surface area contributed by atoms with Crippen LogP contribution >= 0.6 is 11.3 Å². The Bertz CT molecular complexity index is 902. The quantitative estimate of drug-likeness (QED) is 0.304. The van der Waals surface area contributed by atoms with Crippen LogP contribution in [0.3, 0.4) is 0 Å². The number of benzene rings is 1. The molecule has 2 aromatic heterocycles. The van der Waals surface area contributed by atoms with Gasteiger partial charge in [0, 0.05) is 46.7 Å². The van der Waals surface area contributed by atoms with E-state index in [2.05, 4.69) is 9.97 Å². The van der Waals surface area contributed by atoms with Crippen LogP contribution in [0.15, 0.2) is 61.1 Å². The SMILES string of the molecule is O=C(/C=C/c1cnc(-c2cccnc2)s1)c1ccc([N+](=O)[O-])cc1. The average Bonchev–Trinajstić information content (AvgIpc) is 3.09. The molecule has 0 aliphatic heterocycles. The van der Waals surface area contributed by atoms with Gasteiger partial charge in [0.25, 0.3) is 5.69 Å². The molecular formula is C17H11N3O3S. The number of pyridine rings is 1. The number of allylic oxidation sites excluding steroid dienone is 1. The third-order valence-corrected chi connectivity index (χ3v) is 4.21. The van der Waals surface area contributed by atoms with E-state index in [0.717, 1.165) is 15.4 Å². The van der Waals surface area contributed by atoms with Crippen LogP contribution < -0.4 is 0 Å². The van der Waals surface area contributed by atoms with Gasteiger partial charge in [-0.05, 0) is 36.4 Å². The summed E-state index contributed by atoms with van der Waals surface area (Å²) in [7, 11) is 0. The van der Waals surface area contributed by atoms with Gasteiger partial charge < -0.3 is 0 Å². The topological polar surface area (TPSA) is 86.0 Å². The number of hydrogen-bond acceptors (Lipinski definition) is 6. The second-order valence-corrected chi connectivity index (χ2v) is 5.87. The molecule has 0 spiro atoms. The fourth-order valence-corrected chi connectivity index (χ4v) is 2.80. The van der Waals surface area contributed by atoms with E-state index >= 15 is 0 Å². The van der Waals surface area contributed by atoms with Gasteiger partial charge >= 0.3 is 0 Å². The molecule has 118 valence electrons. The third-order valence-electron chi connectivity index (χ3n) is 3.19. The maximum atomic E-state index is 12.1. The van der Waals surface area contributed by atoms with Crippen molar-refractivity contribution in [3.63, 3.8) is 0 Å². The number of carbonyl (C=O) groups excluding carboxylic acids is 1. The summed E-state index contributed by atoms with van der Waals surface area (Å²) in [5.74, 6) is -0.221. The van der Waals surface area contributed by atoms with E-state index in [1.54, 1.807) is 24.7 Å². The van der Waals surface area contributed by atoms with Crippen molar-refractivity contribution in [3.8, 4) is 10.6 Å². The molecule has 0 amide bonds. The highest BCUT2D eigenvalue weighted by molar-refractivity contribution is 7.15. The first kappa shape index (κ1) is 15.7. The highest BCUT2D eigenvalue weighted by Crippen LogP contribution is 2.25. The van der Waals surface area contributed by atoms with Crippen molar-refractivity contribution in [1.82, 2.24) is 9.97 Å². The Morgan fingerprint density at radius 2 is 1.96 bits per heavy atom. The van der Waals surface area contributed by atoms with Crippen LogP contribution in [-0.2, 0) is 0 Å². The summed E-state index contributed by atoms with van der Waals surface area (Å²) in [6.45, 7) is 0. The first-order chi connectivity index (χ1) is 11.6. The number of rotatable bonds is 5. The Morgan fingerprint density at radius 3 is 2.62 bits per heavy atom. The third kappa shape index (κ3) is 3.58. The first-order valence-electron chi connectivity index (χ1n) is 6.96. The van der Waals surface area contributed by atoms with Crippen molar-refractivity contribution < 1.29 is 9.72 Å². The molecule has 0 aliphatic rings. The molecule has 6 nitrogen and oxygen atoms in total. The predicted octanol–water partition coefficient (Wildman–Crippen LogP) is 4.01. The second-order valence-electron chi connectivity index (χ2n) is 4.81. The van der Waals surface area contributed by atoms with Crippen molar-refractivity contribution in [3.05, 3.63) is 81.6 Å². The highest BCUT2D eigenvalue weighted by Gasteiger charge is 2.08. The maximum absolute atomic E-state index is 12.1. The van der Waals surface area contributed by atoms with Crippen molar-refractivity contribution in [2.24, 2.45) is 0 Å². The van der Waals surface area contributed by atoms with Gasteiger partial charge in [-0.2, -0.15) is 0 Å². The number of nitro benzene ring substituents is 1. The van der Waals surface area contributed by atoms with Crippen LogP contribution in [0.2, 0.25) is 0 Å². The summed E-state index contributed by atoms with van der Waals surface area (Å²) in [5, 5.41) is 11.4. The summed E-state index contributed by atoms with van der Waals surface area (Å²) in [5.41, 5.74) is 1.27. The Balaban J connectivity index is 1.72. The first-order valence-corrected chi connectivity index (χ1v) is 7.78. The molecule has 1 aromatic carbocycles. The summed E-state index contributed by atoms with van der Waals surface area (Å²) in [6, 6.07) is 9.27. The van der Waals surface area contributed by atoms with Crippen LogP contribution in [-0.4, -0.2) is 20.7 Å². The number of nitrogens with zero attached hydrogens (tertiary/aromatic N) is 3. The number of hydrogen-bond donors (Lipinski definition) is 0. The van der Waals surface area contributed by atoms with Crippen LogP contribution in [0.5, 0.6) is 0 Å². The van der Waals surface area contributed by atoms with Crippen molar-refractivity contribution >= 4 is 28.9 Å². The summed E-state index contributed by atoms with van der Waals surface area (Å²) in [6.07, 6.45) is 8.23. The number of thiazole rings is 1. The van der Waals surface area contributed by atoms with Gasteiger partial charge in [-0.1, -0.05) is 0 Å². The standard InChI is InChI=1S/C17H11N3O3S/c21-16(12-3-5-14(6-4-12)20(22)23)8-7-15-11-19-17(24-15)13-2-1-9-18-10-13/h1-11H/b8-7+. The monoisotopic (exact) mass is 337 g/mol. The fourth-order valence-electron chi connectivity index (χ4n) is 1.99. The van der Waals surface area contributed by atoms with E-state index in [1.165, 1.54) is 41.7 Å². The predicted molar refractivity (Wildman–Crippen MR) is 91.8 cm³/mol. The smallest absolute Gasteiger partial charge is 0.269 e. The zero-order valence-corrected chi connectivity index (χ0v) is 13.1. The minimum Gasteiger partial charge on any atom is -0.289 e. The van der Waals surface area contributed by atoms with E-state index in [0.29, 0.717) is 5.56 Å². The molecule has 0 aliphatic carbocycles. The molecule has 3 aromatic rings. The minimum absolute atomic E-state index is 0.0425. The van der Waals surface area contributed by atoms with E-state index < -0.39 is 4.92 Å². The van der Waals surface area contributed by atoms with Crippen molar-refractivity contribution in [2.75, 3.05) is 0 Å². The lowest BCUT2D eigenvalue weighted by Gasteiger charge is -1.95. The number of non-ortho nitro benzene ring substituents is 1. The molecule has 2 heterocycles. The molecule has 0 saturated carbocycles. The molecule has 3 rings (SSSR count). The van der Waals surface area contributed by atoms with E-state index in [-0.39, 0.29) is 11.5 Å². The number of nitro groups is 1. The summed E-state index contributed by atoms with van der Waals surface area (Å²) >= 11 is 1.45. The zero-order valence-electron chi connectivity index (χ0n) is 12.3. The van der Waals surface area contributed by atoms with Gasteiger partial charge in [0.2, 0.25) is 0 Å². The van der Waals surface area contributed by atoms with Gasteiger partial charge in [0.15, 0.2) is 5.78 Å². The Morgan fingerprint density at radius 1 is 1.17 bits per heavy atom. The van der Waals surface area contributed by atoms with Gasteiger partial charge in [0.1, 0.15) is 5.01 Å². The zero-order chi connectivity index (χ0) is 16.9.